The molecule has 3 aliphatic heterocycles. The van der Waals surface area contributed by atoms with Crippen LogP contribution in [-0.4, -0.2) is 58.9 Å². The standard InChI is InChI=1S/C17H26N2O6/c1-15(2,3)24-12(20)10-11-17(6,25-16(4,5)23-11)13(22-10)19-9-7-8-18-14(19)21/h7,9-11,13H,8H2,1-6H3,(H,18,21)/t10-,11+,13?,17+/m0/s1. The van der Waals surface area contributed by atoms with Gasteiger partial charge in [0.1, 0.15) is 17.3 Å². The van der Waals surface area contributed by atoms with Crippen molar-refractivity contribution in [3.63, 3.8) is 0 Å². The Morgan fingerprint density at radius 2 is 2.04 bits per heavy atom. The molecule has 0 aliphatic carbocycles. The lowest BCUT2D eigenvalue weighted by molar-refractivity contribution is -0.222. The number of hydrogen-bond acceptors (Lipinski definition) is 6. The largest absolute Gasteiger partial charge is 0.458 e. The summed E-state index contributed by atoms with van der Waals surface area (Å²) >= 11 is 0. The molecule has 0 spiro atoms. The van der Waals surface area contributed by atoms with Gasteiger partial charge in [-0.1, -0.05) is 0 Å². The molecule has 0 radical (unpaired) electrons. The molecule has 25 heavy (non-hydrogen) atoms. The zero-order chi connectivity index (χ0) is 18.6. The predicted molar refractivity (Wildman–Crippen MR) is 87.3 cm³/mol. The summed E-state index contributed by atoms with van der Waals surface area (Å²) in [6.07, 6.45) is 0.945. The van der Waals surface area contributed by atoms with Crippen LogP contribution in [0.3, 0.4) is 0 Å². The van der Waals surface area contributed by atoms with E-state index in [2.05, 4.69) is 5.32 Å². The molecule has 1 N–H and O–H groups in total. The molecule has 3 heterocycles. The van der Waals surface area contributed by atoms with Gasteiger partial charge in [0, 0.05) is 12.7 Å². The van der Waals surface area contributed by atoms with Crippen molar-refractivity contribution in [3.05, 3.63) is 12.3 Å². The average molecular weight is 354 g/mol. The van der Waals surface area contributed by atoms with Gasteiger partial charge in [0.2, 0.25) is 0 Å². The fourth-order valence-corrected chi connectivity index (χ4v) is 3.47. The fourth-order valence-electron chi connectivity index (χ4n) is 3.47. The predicted octanol–water partition coefficient (Wildman–Crippen LogP) is 1.50. The molecule has 1 unspecified atom stereocenters. The lowest BCUT2D eigenvalue weighted by atomic mass is 9.95. The van der Waals surface area contributed by atoms with Crippen molar-refractivity contribution in [2.75, 3.05) is 6.54 Å². The number of nitrogens with one attached hydrogen (secondary N) is 1. The number of urea groups is 1. The van der Waals surface area contributed by atoms with E-state index in [9.17, 15) is 9.59 Å². The fraction of sp³-hybridized carbons (Fsp3) is 0.765. The number of carbonyl (C=O) groups is 2. The van der Waals surface area contributed by atoms with E-state index in [0.29, 0.717) is 6.54 Å². The molecule has 0 bridgehead atoms. The quantitative estimate of drug-likeness (QED) is 0.757. The number of amides is 2. The third-order valence-electron chi connectivity index (χ3n) is 4.25. The molecule has 140 valence electrons. The summed E-state index contributed by atoms with van der Waals surface area (Å²) in [4.78, 5) is 26.3. The molecule has 4 atom stereocenters. The Hall–Kier alpha value is -1.64. The van der Waals surface area contributed by atoms with Gasteiger partial charge >= 0.3 is 12.0 Å². The number of hydrogen-bond donors (Lipinski definition) is 1. The maximum atomic E-state index is 12.6. The van der Waals surface area contributed by atoms with Crippen molar-refractivity contribution in [2.24, 2.45) is 0 Å². The van der Waals surface area contributed by atoms with Gasteiger partial charge in [0.25, 0.3) is 0 Å². The Bertz CT molecular complexity index is 611. The lowest BCUT2D eigenvalue weighted by Crippen LogP contribution is -2.56. The molecule has 8 nitrogen and oxygen atoms in total. The molecular formula is C17H26N2O6. The second-order valence-electron chi connectivity index (χ2n) is 8.14. The zero-order valence-corrected chi connectivity index (χ0v) is 15.5. The summed E-state index contributed by atoms with van der Waals surface area (Å²) < 4.78 is 23.4. The van der Waals surface area contributed by atoms with Crippen molar-refractivity contribution in [2.45, 2.75) is 77.0 Å². The van der Waals surface area contributed by atoms with Gasteiger partial charge in [-0.25, -0.2) is 9.59 Å². The van der Waals surface area contributed by atoms with Gasteiger partial charge < -0.3 is 24.3 Å². The Labute approximate surface area is 147 Å². The van der Waals surface area contributed by atoms with Gasteiger partial charge in [0.15, 0.2) is 18.1 Å². The highest BCUT2D eigenvalue weighted by Gasteiger charge is 2.67. The maximum Gasteiger partial charge on any atom is 0.338 e. The smallest absolute Gasteiger partial charge is 0.338 e. The maximum absolute atomic E-state index is 12.6. The molecule has 2 amide bonds. The highest BCUT2D eigenvalue weighted by Crippen LogP contribution is 2.48. The Morgan fingerprint density at radius 3 is 2.64 bits per heavy atom. The van der Waals surface area contributed by atoms with Crippen molar-refractivity contribution >= 4 is 12.0 Å². The summed E-state index contributed by atoms with van der Waals surface area (Å²) in [5.41, 5.74) is -1.67. The molecule has 0 saturated carbocycles. The average Bonchev–Trinajstić information content (AvgIpc) is 2.83. The van der Waals surface area contributed by atoms with E-state index in [0.717, 1.165) is 0 Å². The van der Waals surface area contributed by atoms with Gasteiger partial charge in [-0.3, -0.25) is 4.90 Å². The first-order chi connectivity index (χ1) is 11.4. The minimum Gasteiger partial charge on any atom is -0.458 e. The van der Waals surface area contributed by atoms with Crippen LogP contribution in [0.5, 0.6) is 0 Å². The van der Waals surface area contributed by atoms with Crippen LogP contribution in [0.2, 0.25) is 0 Å². The van der Waals surface area contributed by atoms with Crippen molar-refractivity contribution in [1.29, 1.82) is 0 Å². The molecular weight excluding hydrogens is 328 g/mol. The third-order valence-corrected chi connectivity index (χ3v) is 4.25. The topological polar surface area (TPSA) is 86.3 Å². The second kappa shape index (κ2) is 5.69. The molecule has 3 aliphatic rings. The van der Waals surface area contributed by atoms with Gasteiger partial charge in [-0.2, -0.15) is 0 Å². The summed E-state index contributed by atoms with van der Waals surface area (Å²) in [6, 6.07) is -0.314. The van der Waals surface area contributed by atoms with Crippen LogP contribution in [-0.2, 0) is 23.7 Å². The van der Waals surface area contributed by atoms with E-state index in [1.165, 1.54) is 4.90 Å². The number of esters is 1. The molecule has 3 rings (SSSR count). The zero-order valence-electron chi connectivity index (χ0n) is 15.5. The van der Waals surface area contributed by atoms with E-state index < -0.39 is 41.4 Å². The molecule has 8 heteroatoms. The Balaban J connectivity index is 1.92. The highest BCUT2D eigenvalue weighted by atomic mass is 16.8. The minimum atomic E-state index is -1.01. The van der Waals surface area contributed by atoms with Gasteiger partial charge in [-0.05, 0) is 47.6 Å². The molecule has 0 aromatic rings. The number of nitrogens with zero attached hydrogens (tertiary/aromatic N) is 1. The van der Waals surface area contributed by atoms with Crippen molar-refractivity contribution < 1.29 is 28.5 Å². The van der Waals surface area contributed by atoms with Gasteiger partial charge in [-0.15, -0.1) is 0 Å². The van der Waals surface area contributed by atoms with Crippen molar-refractivity contribution in [3.8, 4) is 0 Å². The van der Waals surface area contributed by atoms with Gasteiger partial charge in [0.05, 0.1) is 0 Å². The van der Waals surface area contributed by atoms with E-state index in [1.54, 1.807) is 53.8 Å². The number of ether oxygens (including phenoxy) is 4. The first kappa shape index (κ1) is 18.2. The third kappa shape index (κ3) is 3.26. The van der Waals surface area contributed by atoms with E-state index in [4.69, 9.17) is 18.9 Å². The summed E-state index contributed by atoms with van der Waals surface area (Å²) in [5, 5.41) is 2.72. The Kier molecular flexibility index (Phi) is 4.13. The van der Waals surface area contributed by atoms with Crippen LogP contribution in [0, 0.1) is 0 Å². The minimum absolute atomic E-state index is 0.314. The normalized spacial score (nSPS) is 37.0. The lowest BCUT2D eigenvalue weighted by Gasteiger charge is -2.36. The van der Waals surface area contributed by atoms with E-state index >= 15 is 0 Å². The SMILES string of the molecule is CC(C)(C)OC(=O)[C@H]1OC(N2C=CCNC2=O)[C@]2(C)OC(C)(C)O[C@H]12. The van der Waals surface area contributed by atoms with E-state index in [-0.39, 0.29) is 6.03 Å². The van der Waals surface area contributed by atoms with Crippen molar-refractivity contribution in [1.82, 2.24) is 10.2 Å². The van der Waals surface area contributed by atoms with Crippen LogP contribution in [0.1, 0.15) is 41.5 Å². The first-order valence-electron chi connectivity index (χ1n) is 8.42. The highest BCUT2D eigenvalue weighted by molar-refractivity contribution is 5.79. The molecule has 0 aromatic heterocycles. The summed E-state index contributed by atoms with van der Waals surface area (Å²) in [5.74, 6) is -1.44. The number of rotatable bonds is 2. The van der Waals surface area contributed by atoms with Crippen LogP contribution >= 0.6 is 0 Å². The first-order valence-corrected chi connectivity index (χ1v) is 8.42. The van der Waals surface area contributed by atoms with Crippen LogP contribution in [0.4, 0.5) is 4.79 Å². The van der Waals surface area contributed by atoms with Crippen LogP contribution in [0.15, 0.2) is 12.3 Å². The second-order valence-corrected chi connectivity index (χ2v) is 8.14. The molecule has 2 fully saturated rings. The number of carbonyl (C=O) groups excluding carboxylic acids is 2. The number of fused-ring (bicyclic) bond motifs is 1. The van der Waals surface area contributed by atoms with E-state index in [1.807, 2.05) is 0 Å². The molecule has 0 aromatic carbocycles. The monoisotopic (exact) mass is 354 g/mol. The molecule has 2 saturated heterocycles. The summed E-state index contributed by atoms with van der Waals surface area (Å²) in [6.45, 7) is 11.1. The van der Waals surface area contributed by atoms with Crippen LogP contribution < -0.4 is 5.32 Å². The summed E-state index contributed by atoms with van der Waals surface area (Å²) in [7, 11) is 0. The van der Waals surface area contributed by atoms with Crippen LogP contribution in [0.25, 0.3) is 0 Å². The Morgan fingerprint density at radius 1 is 1.36 bits per heavy atom.